The van der Waals surface area contributed by atoms with Crippen molar-refractivity contribution < 1.29 is 4.79 Å². The molecule has 1 N–H and O–H groups in total. The van der Waals surface area contributed by atoms with Crippen LogP contribution < -0.4 is 5.32 Å². The zero-order valence-corrected chi connectivity index (χ0v) is 12.1. The van der Waals surface area contributed by atoms with E-state index in [2.05, 4.69) is 10.3 Å². The summed E-state index contributed by atoms with van der Waals surface area (Å²) >= 11 is 1.33. The molecular weight excluding hydrogens is 272 g/mol. The highest BCUT2D eigenvalue weighted by molar-refractivity contribution is 8.13. The largest absolute Gasteiger partial charge is 0.339 e. The van der Waals surface area contributed by atoms with Crippen LogP contribution in [-0.2, 0) is 0 Å². The first kappa shape index (κ1) is 14.4. The summed E-state index contributed by atoms with van der Waals surface area (Å²) < 4.78 is 0. The Morgan fingerprint density at radius 1 is 1.40 bits per heavy atom. The van der Waals surface area contributed by atoms with Gasteiger partial charge in [-0.3, -0.25) is 10.1 Å². The van der Waals surface area contributed by atoms with Crippen molar-refractivity contribution in [2.45, 2.75) is 12.8 Å². The molecule has 1 aromatic rings. The number of carbonyl (C=O) groups is 1. The van der Waals surface area contributed by atoms with Gasteiger partial charge in [-0.1, -0.05) is 23.9 Å². The highest BCUT2D eigenvalue weighted by Gasteiger charge is 2.21. The first-order chi connectivity index (χ1) is 9.76. The second-order valence-corrected chi connectivity index (χ2v) is 5.17. The van der Waals surface area contributed by atoms with Crippen LogP contribution in [0.2, 0.25) is 0 Å². The molecule has 1 aromatic carbocycles. The fourth-order valence-electron chi connectivity index (χ4n) is 2.12. The van der Waals surface area contributed by atoms with E-state index in [1.807, 2.05) is 29.5 Å². The van der Waals surface area contributed by atoms with Gasteiger partial charge in [0.2, 0.25) is 0 Å². The lowest BCUT2D eigenvalue weighted by Gasteiger charge is -2.16. The second-order valence-electron chi connectivity index (χ2n) is 4.37. The summed E-state index contributed by atoms with van der Waals surface area (Å²) in [4.78, 5) is 18.7. The third-order valence-electron chi connectivity index (χ3n) is 3.11. The van der Waals surface area contributed by atoms with Gasteiger partial charge in [-0.05, 0) is 31.2 Å². The maximum atomic E-state index is 12.5. The summed E-state index contributed by atoms with van der Waals surface area (Å²) in [5.74, 6) is 0.0132. The van der Waals surface area contributed by atoms with E-state index in [0.717, 1.165) is 25.9 Å². The van der Waals surface area contributed by atoms with Gasteiger partial charge in [0.1, 0.15) is 0 Å². The molecule has 1 saturated heterocycles. The predicted octanol–water partition coefficient (Wildman–Crippen LogP) is 2.34. The Balaban J connectivity index is 2.30. The lowest BCUT2D eigenvalue weighted by molar-refractivity contribution is 0.0793. The molecule has 0 atom stereocenters. The van der Waals surface area contributed by atoms with Crippen LogP contribution in [0, 0.1) is 11.5 Å². The van der Waals surface area contributed by atoms with Crippen LogP contribution in [0.4, 0.5) is 5.69 Å². The number of para-hydroxylation sites is 1. The van der Waals surface area contributed by atoms with Gasteiger partial charge in [-0.15, -0.1) is 0 Å². The molecular formula is C14H16N4OS. The molecule has 0 bridgehead atoms. The van der Waals surface area contributed by atoms with Gasteiger partial charge in [0, 0.05) is 13.1 Å². The molecule has 0 radical (unpaired) electrons. The number of hydrogen-bond donors (Lipinski definition) is 1. The van der Waals surface area contributed by atoms with Gasteiger partial charge in [0.05, 0.1) is 11.3 Å². The van der Waals surface area contributed by atoms with E-state index in [1.54, 1.807) is 12.1 Å². The molecule has 1 amide bonds. The number of nitriles is 1. The maximum Gasteiger partial charge on any atom is 0.256 e. The Hall–Kier alpha value is -2.00. The van der Waals surface area contributed by atoms with Gasteiger partial charge in [0.15, 0.2) is 11.4 Å². The molecule has 0 aromatic heterocycles. The molecule has 1 fully saturated rings. The van der Waals surface area contributed by atoms with E-state index in [-0.39, 0.29) is 5.91 Å². The zero-order chi connectivity index (χ0) is 14.4. The van der Waals surface area contributed by atoms with Crippen molar-refractivity contribution in [3.05, 3.63) is 29.8 Å². The molecule has 6 heteroatoms. The van der Waals surface area contributed by atoms with Crippen molar-refractivity contribution in [1.82, 2.24) is 10.2 Å². The number of likely N-dealkylation sites (tertiary alicyclic amines) is 1. The zero-order valence-electron chi connectivity index (χ0n) is 11.3. The van der Waals surface area contributed by atoms with Crippen LogP contribution in [0.15, 0.2) is 29.3 Å². The fourth-order valence-corrected chi connectivity index (χ4v) is 2.46. The number of nitrogens with zero attached hydrogens (tertiary/aromatic N) is 3. The topological polar surface area (TPSA) is 68.5 Å². The molecule has 20 heavy (non-hydrogen) atoms. The normalized spacial score (nSPS) is 15.0. The van der Waals surface area contributed by atoms with Crippen LogP contribution in [0.1, 0.15) is 23.2 Å². The number of thioether (sulfide) groups is 1. The van der Waals surface area contributed by atoms with Crippen molar-refractivity contribution in [2.75, 3.05) is 19.3 Å². The summed E-state index contributed by atoms with van der Waals surface area (Å²) in [6.07, 6.45) is 5.79. The summed E-state index contributed by atoms with van der Waals surface area (Å²) in [5.41, 5.74) is 1.18. The monoisotopic (exact) mass is 288 g/mol. The number of carbonyl (C=O) groups excluding carboxylic acids is 1. The molecule has 0 saturated carbocycles. The van der Waals surface area contributed by atoms with Crippen LogP contribution in [-0.4, -0.2) is 35.3 Å². The second kappa shape index (κ2) is 6.96. The van der Waals surface area contributed by atoms with Crippen molar-refractivity contribution in [2.24, 2.45) is 4.99 Å². The molecule has 0 unspecified atom stereocenters. The quantitative estimate of drug-likeness (QED) is 0.392. The van der Waals surface area contributed by atoms with Gasteiger partial charge >= 0.3 is 0 Å². The summed E-state index contributed by atoms with van der Waals surface area (Å²) in [7, 11) is 0. The van der Waals surface area contributed by atoms with Gasteiger partial charge in [0.25, 0.3) is 5.91 Å². The number of rotatable bonds is 2. The molecule has 5 nitrogen and oxygen atoms in total. The van der Waals surface area contributed by atoms with Crippen LogP contribution in [0.5, 0.6) is 0 Å². The molecule has 1 aliphatic rings. The number of nitrogens with one attached hydrogen (secondary N) is 1. The number of amidine groups is 1. The van der Waals surface area contributed by atoms with E-state index < -0.39 is 0 Å². The molecule has 1 aliphatic heterocycles. The minimum absolute atomic E-state index is 0.0132. The maximum absolute atomic E-state index is 12.5. The van der Waals surface area contributed by atoms with E-state index in [0.29, 0.717) is 16.4 Å². The predicted molar refractivity (Wildman–Crippen MR) is 80.9 cm³/mol. The number of hydrogen-bond acceptors (Lipinski definition) is 4. The van der Waals surface area contributed by atoms with Crippen molar-refractivity contribution >= 4 is 28.5 Å². The van der Waals surface area contributed by atoms with E-state index >= 15 is 0 Å². The Morgan fingerprint density at radius 2 is 2.10 bits per heavy atom. The first-order valence-electron chi connectivity index (χ1n) is 6.42. The van der Waals surface area contributed by atoms with Crippen LogP contribution in [0.3, 0.4) is 0 Å². The van der Waals surface area contributed by atoms with Crippen LogP contribution in [0.25, 0.3) is 0 Å². The molecule has 0 aliphatic carbocycles. The average Bonchev–Trinajstić information content (AvgIpc) is 3.01. The summed E-state index contributed by atoms with van der Waals surface area (Å²) in [6, 6.07) is 7.24. The summed E-state index contributed by atoms with van der Waals surface area (Å²) in [5, 5.41) is 11.7. The van der Waals surface area contributed by atoms with Gasteiger partial charge < -0.3 is 4.90 Å². The van der Waals surface area contributed by atoms with E-state index in [1.165, 1.54) is 11.8 Å². The lowest BCUT2D eigenvalue weighted by Crippen LogP contribution is -2.27. The van der Waals surface area contributed by atoms with Crippen molar-refractivity contribution in [3.63, 3.8) is 0 Å². The minimum Gasteiger partial charge on any atom is -0.339 e. The van der Waals surface area contributed by atoms with E-state index in [9.17, 15) is 4.79 Å². The highest BCUT2D eigenvalue weighted by Crippen LogP contribution is 2.23. The molecule has 0 spiro atoms. The van der Waals surface area contributed by atoms with Crippen LogP contribution >= 0.6 is 11.8 Å². The standard InChI is InChI=1S/C14H16N4OS/c1-20-14(16-10-15)17-12-7-3-2-6-11(12)13(19)18-8-4-5-9-18/h2-3,6-7H,4-5,8-9H2,1H3,(H,16,17). The van der Waals surface area contributed by atoms with Gasteiger partial charge in [-0.2, -0.15) is 5.26 Å². The molecule has 1 heterocycles. The number of amides is 1. The third kappa shape index (κ3) is 3.31. The fraction of sp³-hybridized carbons (Fsp3) is 0.357. The van der Waals surface area contributed by atoms with E-state index in [4.69, 9.17) is 5.26 Å². The minimum atomic E-state index is 0.0132. The lowest BCUT2D eigenvalue weighted by atomic mass is 10.1. The third-order valence-corrected chi connectivity index (χ3v) is 3.69. The summed E-state index contributed by atoms with van der Waals surface area (Å²) in [6.45, 7) is 1.62. The Kier molecular flexibility index (Phi) is 5.02. The Labute approximate surface area is 122 Å². The van der Waals surface area contributed by atoms with Gasteiger partial charge in [-0.25, -0.2) is 4.99 Å². The number of benzene rings is 1. The first-order valence-corrected chi connectivity index (χ1v) is 7.65. The Morgan fingerprint density at radius 3 is 2.75 bits per heavy atom. The number of aliphatic imine (C=N–C) groups is 1. The van der Waals surface area contributed by atoms with Crippen molar-refractivity contribution in [1.29, 1.82) is 5.26 Å². The van der Waals surface area contributed by atoms with Crippen molar-refractivity contribution in [3.8, 4) is 6.19 Å². The Bertz CT molecular complexity index is 559. The molecule has 104 valence electrons. The molecule has 2 rings (SSSR count). The smallest absolute Gasteiger partial charge is 0.256 e. The highest BCUT2D eigenvalue weighted by atomic mass is 32.2. The average molecular weight is 288 g/mol. The SMILES string of the molecule is CSC(=Nc1ccccc1C(=O)N1CCCC1)NC#N.